The standard InChI is InChI=1S/Ca.4FH.Fe/h;4*1H;/q+2;;;;;+2/p-4. The molecule has 0 aromatic heterocycles. The van der Waals surface area contributed by atoms with Gasteiger partial charge in [0.1, 0.15) is 0 Å². The molecule has 0 fully saturated rings. The van der Waals surface area contributed by atoms with E-state index in [4.69, 9.17) is 0 Å². The van der Waals surface area contributed by atoms with Gasteiger partial charge in [0.05, 0.1) is 0 Å². The van der Waals surface area contributed by atoms with Crippen LogP contribution in [0.15, 0.2) is 0 Å². The molecule has 38 valence electrons. The summed E-state index contributed by atoms with van der Waals surface area (Å²) in [6.07, 6.45) is 0. The summed E-state index contributed by atoms with van der Waals surface area (Å²) in [5.74, 6) is 0. The molecule has 0 nitrogen and oxygen atoms in total. The predicted octanol–water partition coefficient (Wildman–Crippen LogP) is -12.4. The molecular weight excluding hydrogens is 172 g/mol. The van der Waals surface area contributed by atoms with Crippen LogP contribution in [0.25, 0.3) is 0 Å². The van der Waals surface area contributed by atoms with Gasteiger partial charge in [0, 0.05) is 0 Å². The third-order valence-corrected chi connectivity index (χ3v) is 0. The van der Waals surface area contributed by atoms with Gasteiger partial charge in [-0.05, 0) is 0 Å². The van der Waals surface area contributed by atoms with E-state index in [1.165, 1.54) is 0 Å². The van der Waals surface area contributed by atoms with E-state index in [9.17, 15) is 0 Å². The van der Waals surface area contributed by atoms with Crippen molar-refractivity contribution in [3.8, 4) is 0 Å². The van der Waals surface area contributed by atoms with Crippen molar-refractivity contribution in [1.29, 1.82) is 0 Å². The molecule has 0 radical (unpaired) electrons. The van der Waals surface area contributed by atoms with Crippen LogP contribution in [-0.2, 0) is 17.1 Å². The molecule has 0 unspecified atom stereocenters. The molecule has 6 heavy (non-hydrogen) atoms. The van der Waals surface area contributed by atoms with E-state index in [0.717, 1.165) is 0 Å². The average molecular weight is 172 g/mol. The fourth-order valence-corrected chi connectivity index (χ4v) is 0. The van der Waals surface area contributed by atoms with Gasteiger partial charge in [0.25, 0.3) is 0 Å². The molecule has 0 amide bonds. The summed E-state index contributed by atoms with van der Waals surface area (Å²) >= 11 is 0. The van der Waals surface area contributed by atoms with Gasteiger partial charge in [0.15, 0.2) is 0 Å². The molecule has 6 heteroatoms. The minimum absolute atomic E-state index is 0. The summed E-state index contributed by atoms with van der Waals surface area (Å²) in [4.78, 5) is 0. The van der Waals surface area contributed by atoms with Gasteiger partial charge in [0.2, 0.25) is 0 Å². The summed E-state index contributed by atoms with van der Waals surface area (Å²) in [5, 5.41) is 0. The van der Waals surface area contributed by atoms with Gasteiger partial charge in [-0.3, -0.25) is 0 Å². The Balaban J connectivity index is 0. The summed E-state index contributed by atoms with van der Waals surface area (Å²) in [6, 6.07) is 0. The molecule has 0 saturated carbocycles. The maximum atomic E-state index is 0. The molecule has 0 atom stereocenters. The Morgan fingerprint density at radius 2 is 0.500 bits per heavy atom. The Morgan fingerprint density at radius 1 is 0.500 bits per heavy atom. The summed E-state index contributed by atoms with van der Waals surface area (Å²) < 4.78 is 0. The average Bonchev–Trinajstić information content (AvgIpc) is 0. The molecule has 0 heterocycles. The Morgan fingerprint density at radius 3 is 0.500 bits per heavy atom. The number of halogens is 4. The fraction of sp³-hybridized carbons (Fsp3) is 0. The summed E-state index contributed by atoms with van der Waals surface area (Å²) in [5.41, 5.74) is 0. The van der Waals surface area contributed by atoms with Crippen molar-refractivity contribution in [2.24, 2.45) is 0 Å². The van der Waals surface area contributed by atoms with Gasteiger partial charge in [-0.2, -0.15) is 0 Å². The quantitative estimate of drug-likeness (QED) is 0.251. The SMILES string of the molecule is [Ca+2].[F-].[F-].[F-].[F-].[Fe+2]. The van der Waals surface area contributed by atoms with Gasteiger partial charge in [-0.25, -0.2) is 0 Å². The first-order valence-electron chi connectivity index (χ1n) is 0. The first-order chi connectivity index (χ1) is 0. The number of hydrogen-bond acceptors (Lipinski definition) is 0. The third kappa shape index (κ3) is 49.5. The molecule has 0 aliphatic carbocycles. The van der Waals surface area contributed by atoms with Crippen LogP contribution in [0.5, 0.6) is 0 Å². The maximum Gasteiger partial charge on any atom is 2.00 e. The van der Waals surface area contributed by atoms with Crippen LogP contribution in [-0.4, -0.2) is 37.7 Å². The normalized spacial score (nSPS) is 0. The largest absolute Gasteiger partial charge is 2.00 e. The van der Waals surface area contributed by atoms with E-state index in [0.29, 0.717) is 0 Å². The zero-order valence-electron chi connectivity index (χ0n) is 2.57. The van der Waals surface area contributed by atoms with E-state index < -0.39 is 0 Å². The van der Waals surface area contributed by atoms with Crippen molar-refractivity contribution in [2.75, 3.05) is 0 Å². The van der Waals surface area contributed by atoms with Crippen LogP contribution in [0.4, 0.5) is 0 Å². The Hall–Kier alpha value is 1.50. The van der Waals surface area contributed by atoms with Crippen molar-refractivity contribution in [1.82, 2.24) is 0 Å². The predicted molar refractivity (Wildman–Crippen MR) is 5.75 cm³/mol. The fourth-order valence-electron chi connectivity index (χ4n) is 0. The molecule has 0 saturated heterocycles. The van der Waals surface area contributed by atoms with E-state index in [2.05, 4.69) is 0 Å². The second-order valence-corrected chi connectivity index (χ2v) is 0. The second-order valence-electron chi connectivity index (χ2n) is 0. The number of rotatable bonds is 0. The topological polar surface area (TPSA) is 0 Å². The first kappa shape index (κ1) is 141. The molecule has 0 aliphatic rings. The Kier molecular flexibility index (Phi) is 2050. The molecule has 0 N–H and O–H groups in total. The summed E-state index contributed by atoms with van der Waals surface area (Å²) in [6.45, 7) is 0. The van der Waals surface area contributed by atoms with Crippen LogP contribution in [0, 0.1) is 0 Å². The Labute approximate surface area is 73.0 Å². The second kappa shape index (κ2) is 87.4. The van der Waals surface area contributed by atoms with Crippen LogP contribution >= 0.6 is 0 Å². The van der Waals surface area contributed by atoms with Gasteiger partial charge >= 0.3 is 54.8 Å². The first-order valence-corrected chi connectivity index (χ1v) is 0. The van der Waals surface area contributed by atoms with Gasteiger partial charge in [-0.1, -0.05) is 0 Å². The van der Waals surface area contributed by atoms with Crippen LogP contribution in [0.1, 0.15) is 0 Å². The molecular formula is CaF4Fe. The molecule has 0 aliphatic heterocycles. The zero-order valence-corrected chi connectivity index (χ0v) is 5.89. The maximum absolute atomic E-state index is 0. The Bertz CT molecular complexity index is 7.51. The van der Waals surface area contributed by atoms with Crippen LogP contribution < -0.4 is 18.8 Å². The van der Waals surface area contributed by atoms with E-state index >= 15 is 0 Å². The zero-order chi connectivity index (χ0) is 0. The monoisotopic (exact) mass is 172 g/mol. The third-order valence-electron chi connectivity index (χ3n) is 0. The van der Waals surface area contributed by atoms with Crippen molar-refractivity contribution >= 4 is 37.7 Å². The van der Waals surface area contributed by atoms with Gasteiger partial charge < -0.3 is 18.8 Å². The van der Waals surface area contributed by atoms with E-state index in [-0.39, 0.29) is 73.6 Å². The minimum Gasteiger partial charge on any atom is -1.00 e. The van der Waals surface area contributed by atoms with E-state index in [1.807, 2.05) is 0 Å². The molecule has 0 rings (SSSR count). The van der Waals surface area contributed by atoms with Gasteiger partial charge in [-0.15, -0.1) is 0 Å². The number of hydrogen-bond donors (Lipinski definition) is 0. The van der Waals surface area contributed by atoms with Crippen molar-refractivity contribution < 1.29 is 35.9 Å². The molecule has 0 aromatic rings. The smallest absolute Gasteiger partial charge is 1.00 e. The van der Waals surface area contributed by atoms with E-state index in [1.54, 1.807) is 0 Å². The molecule has 0 bridgehead atoms. The van der Waals surface area contributed by atoms with Crippen molar-refractivity contribution in [3.05, 3.63) is 0 Å². The minimum atomic E-state index is 0. The summed E-state index contributed by atoms with van der Waals surface area (Å²) in [7, 11) is 0. The van der Waals surface area contributed by atoms with Crippen molar-refractivity contribution in [2.45, 2.75) is 0 Å². The molecule has 0 spiro atoms. The molecule has 0 aromatic carbocycles. The van der Waals surface area contributed by atoms with Crippen LogP contribution in [0.3, 0.4) is 0 Å². The van der Waals surface area contributed by atoms with Crippen molar-refractivity contribution in [3.63, 3.8) is 0 Å². The van der Waals surface area contributed by atoms with Crippen LogP contribution in [0.2, 0.25) is 0 Å².